The molecule has 0 radical (unpaired) electrons. The zero-order valence-electron chi connectivity index (χ0n) is 11.0. The highest BCUT2D eigenvalue weighted by molar-refractivity contribution is 9.11. The van der Waals surface area contributed by atoms with Gasteiger partial charge in [-0.05, 0) is 50.9 Å². The van der Waals surface area contributed by atoms with Gasteiger partial charge in [-0.3, -0.25) is 0 Å². The van der Waals surface area contributed by atoms with Gasteiger partial charge in [0, 0.05) is 23.8 Å². The van der Waals surface area contributed by atoms with Gasteiger partial charge < -0.3 is 15.0 Å². The summed E-state index contributed by atoms with van der Waals surface area (Å²) in [5.74, 6) is 0.995. The molecule has 1 aliphatic heterocycles. The monoisotopic (exact) mass is 391 g/mol. The van der Waals surface area contributed by atoms with Crippen molar-refractivity contribution < 1.29 is 4.74 Å². The topological polar surface area (TPSA) is 37.4 Å². The highest BCUT2D eigenvalue weighted by atomic mass is 79.9. The average Bonchev–Trinajstić information content (AvgIpc) is 2.40. The fraction of sp³-hybridized carbons (Fsp3) is 0.615. The molecule has 0 aliphatic carbocycles. The minimum Gasteiger partial charge on any atom is -0.377 e. The van der Waals surface area contributed by atoms with E-state index in [1.807, 2.05) is 12.3 Å². The van der Waals surface area contributed by atoms with E-state index in [0.717, 1.165) is 54.0 Å². The van der Waals surface area contributed by atoms with E-state index >= 15 is 0 Å². The van der Waals surface area contributed by atoms with Gasteiger partial charge in [0.25, 0.3) is 0 Å². The fourth-order valence-corrected chi connectivity index (χ4v) is 3.38. The lowest BCUT2D eigenvalue weighted by Crippen LogP contribution is -2.51. The van der Waals surface area contributed by atoms with Gasteiger partial charge in [0.05, 0.1) is 23.7 Å². The number of ether oxygens (including phenoxy) is 1. The lowest BCUT2D eigenvalue weighted by Gasteiger charge is -2.37. The van der Waals surface area contributed by atoms with Gasteiger partial charge >= 0.3 is 0 Å². The molecule has 1 unspecified atom stereocenters. The molecule has 1 aromatic rings. The van der Waals surface area contributed by atoms with Crippen molar-refractivity contribution >= 4 is 37.7 Å². The van der Waals surface area contributed by atoms with Crippen molar-refractivity contribution in [3.63, 3.8) is 0 Å². The Morgan fingerprint density at radius 2 is 2.37 bits per heavy atom. The van der Waals surface area contributed by atoms with E-state index < -0.39 is 0 Å². The normalized spacial score (nSPS) is 19.7. The number of anilines is 1. The zero-order chi connectivity index (χ0) is 13.7. The van der Waals surface area contributed by atoms with E-state index in [1.165, 1.54) is 0 Å². The van der Waals surface area contributed by atoms with Crippen molar-refractivity contribution in [2.24, 2.45) is 0 Å². The summed E-state index contributed by atoms with van der Waals surface area (Å²) in [5.41, 5.74) is 0. The third kappa shape index (κ3) is 4.15. The van der Waals surface area contributed by atoms with Crippen LogP contribution in [-0.4, -0.2) is 43.9 Å². The molecule has 1 fully saturated rings. The number of nitrogens with zero attached hydrogens (tertiary/aromatic N) is 2. The van der Waals surface area contributed by atoms with Crippen LogP contribution in [0.3, 0.4) is 0 Å². The molecule has 2 heterocycles. The Kier molecular flexibility index (Phi) is 6.06. The molecule has 1 aromatic heterocycles. The Hall–Kier alpha value is -0.170. The first kappa shape index (κ1) is 15.2. The van der Waals surface area contributed by atoms with Crippen molar-refractivity contribution in [2.75, 3.05) is 37.7 Å². The average molecular weight is 393 g/mol. The van der Waals surface area contributed by atoms with E-state index in [0.29, 0.717) is 6.04 Å². The molecular formula is C13H19Br2N3O. The van der Waals surface area contributed by atoms with E-state index in [1.54, 1.807) is 0 Å². The van der Waals surface area contributed by atoms with Gasteiger partial charge in [-0.2, -0.15) is 0 Å². The Balaban J connectivity index is 2.09. The van der Waals surface area contributed by atoms with Crippen molar-refractivity contribution in [2.45, 2.75) is 19.4 Å². The highest BCUT2D eigenvalue weighted by Gasteiger charge is 2.25. The number of morpholine rings is 1. The second-order valence-corrected chi connectivity index (χ2v) is 6.36. The highest BCUT2D eigenvalue weighted by Crippen LogP contribution is 2.28. The summed E-state index contributed by atoms with van der Waals surface area (Å²) in [6.45, 7) is 6.54. The first-order valence-electron chi connectivity index (χ1n) is 6.58. The van der Waals surface area contributed by atoms with Gasteiger partial charge in [-0.15, -0.1) is 0 Å². The maximum absolute atomic E-state index is 5.59. The van der Waals surface area contributed by atoms with Gasteiger partial charge in [-0.25, -0.2) is 4.98 Å². The van der Waals surface area contributed by atoms with Crippen LogP contribution >= 0.6 is 31.9 Å². The minimum atomic E-state index is 0.338. The molecule has 1 aliphatic rings. The predicted octanol–water partition coefficient (Wildman–Crippen LogP) is 2.81. The summed E-state index contributed by atoms with van der Waals surface area (Å²) in [7, 11) is 0. The van der Waals surface area contributed by atoms with Crippen LogP contribution < -0.4 is 10.2 Å². The first-order valence-corrected chi connectivity index (χ1v) is 8.17. The second-order valence-electron chi connectivity index (χ2n) is 4.59. The number of hydrogen-bond acceptors (Lipinski definition) is 4. The van der Waals surface area contributed by atoms with Crippen molar-refractivity contribution in [1.82, 2.24) is 10.3 Å². The summed E-state index contributed by atoms with van der Waals surface area (Å²) in [6, 6.07) is 2.37. The third-order valence-electron chi connectivity index (χ3n) is 3.09. The first-order chi connectivity index (χ1) is 9.22. The number of nitrogens with one attached hydrogen (secondary N) is 1. The molecule has 0 saturated carbocycles. The van der Waals surface area contributed by atoms with Crippen LogP contribution in [0.2, 0.25) is 0 Å². The molecule has 0 bridgehead atoms. The number of pyridine rings is 1. The lowest BCUT2D eigenvalue weighted by atomic mass is 10.2. The Morgan fingerprint density at radius 1 is 1.53 bits per heavy atom. The van der Waals surface area contributed by atoms with Crippen LogP contribution in [0.25, 0.3) is 0 Å². The van der Waals surface area contributed by atoms with Crippen LogP contribution in [0.4, 0.5) is 5.82 Å². The van der Waals surface area contributed by atoms with E-state index in [9.17, 15) is 0 Å². The Bertz CT molecular complexity index is 417. The van der Waals surface area contributed by atoms with Crippen LogP contribution in [0.15, 0.2) is 21.2 Å². The maximum atomic E-state index is 5.59. The second kappa shape index (κ2) is 7.57. The van der Waals surface area contributed by atoms with E-state index in [4.69, 9.17) is 4.74 Å². The zero-order valence-corrected chi connectivity index (χ0v) is 14.2. The van der Waals surface area contributed by atoms with E-state index in [2.05, 4.69) is 54.0 Å². The summed E-state index contributed by atoms with van der Waals surface area (Å²) < 4.78 is 7.60. The third-order valence-corrected chi connectivity index (χ3v) is 4.11. The maximum Gasteiger partial charge on any atom is 0.143 e. The fourth-order valence-electron chi connectivity index (χ4n) is 2.17. The predicted molar refractivity (Wildman–Crippen MR) is 84.8 cm³/mol. The standard InChI is InChI=1S/C13H19Br2N3O/c1-2-3-16-8-11-9-19-5-4-18(11)13-12(15)6-10(14)7-17-13/h6-7,11,16H,2-5,8-9H2,1H3. The molecule has 0 spiro atoms. The molecule has 0 aromatic carbocycles. The number of aromatic nitrogens is 1. The molecule has 2 rings (SSSR count). The van der Waals surface area contributed by atoms with Crippen molar-refractivity contribution in [1.29, 1.82) is 0 Å². The van der Waals surface area contributed by atoms with Crippen LogP contribution in [0, 0.1) is 0 Å². The van der Waals surface area contributed by atoms with Crippen molar-refractivity contribution in [3.8, 4) is 0 Å². The molecule has 6 heteroatoms. The molecule has 0 amide bonds. The summed E-state index contributed by atoms with van der Waals surface area (Å²) in [6.07, 6.45) is 2.99. The number of halogens is 2. The Labute approximate surface area is 131 Å². The SMILES string of the molecule is CCCNCC1COCCN1c1ncc(Br)cc1Br. The molecule has 1 N–H and O–H groups in total. The number of hydrogen-bond donors (Lipinski definition) is 1. The largest absolute Gasteiger partial charge is 0.377 e. The van der Waals surface area contributed by atoms with Crippen LogP contribution in [0.5, 0.6) is 0 Å². The van der Waals surface area contributed by atoms with Gasteiger partial charge in [0.15, 0.2) is 0 Å². The summed E-state index contributed by atoms with van der Waals surface area (Å²) >= 11 is 7.04. The molecule has 19 heavy (non-hydrogen) atoms. The van der Waals surface area contributed by atoms with Crippen LogP contribution in [-0.2, 0) is 4.74 Å². The summed E-state index contributed by atoms with van der Waals surface area (Å²) in [4.78, 5) is 6.85. The molecule has 106 valence electrons. The Morgan fingerprint density at radius 3 is 3.11 bits per heavy atom. The van der Waals surface area contributed by atoms with Crippen molar-refractivity contribution in [3.05, 3.63) is 21.2 Å². The van der Waals surface area contributed by atoms with Gasteiger partial charge in [0.1, 0.15) is 5.82 Å². The van der Waals surface area contributed by atoms with E-state index in [-0.39, 0.29) is 0 Å². The molecule has 4 nitrogen and oxygen atoms in total. The molecule has 1 atom stereocenters. The summed E-state index contributed by atoms with van der Waals surface area (Å²) in [5, 5.41) is 3.46. The quantitative estimate of drug-likeness (QED) is 0.782. The molecular weight excluding hydrogens is 374 g/mol. The smallest absolute Gasteiger partial charge is 0.143 e. The minimum absolute atomic E-state index is 0.338. The number of rotatable bonds is 5. The van der Waals surface area contributed by atoms with Crippen LogP contribution in [0.1, 0.15) is 13.3 Å². The van der Waals surface area contributed by atoms with Gasteiger partial charge in [-0.1, -0.05) is 6.92 Å². The lowest BCUT2D eigenvalue weighted by molar-refractivity contribution is 0.0933. The van der Waals surface area contributed by atoms with Gasteiger partial charge in [0.2, 0.25) is 0 Å². The molecule has 1 saturated heterocycles.